The number of hydrogen-bond acceptors (Lipinski definition) is 5. The summed E-state index contributed by atoms with van der Waals surface area (Å²) in [6, 6.07) is 31.0. The molecule has 184 valence electrons. The molecule has 3 aromatic carbocycles. The van der Waals surface area contributed by atoms with Gasteiger partial charge < -0.3 is 9.64 Å². The van der Waals surface area contributed by atoms with Crippen LogP contribution in [0, 0.1) is 10.1 Å². The fourth-order valence-corrected chi connectivity index (χ4v) is 4.97. The number of nitro groups is 1. The van der Waals surface area contributed by atoms with Gasteiger partial charge in [0.15, 0.2) is 0 Å². The molecule has 6 nitrogen and oxygen atoms in total. The Morgan fingerprint density at radius 1 is 0.919 bits per heavy atom. The Labute approximate surface area is 216 Å². The Morgan fingerprint density at radius 3 is 2.30 bits per heavy atom. The number of pyridine rings is 1. The van der Waals surface area contributed by atoms with Crippen LogP contribution in [-0.4, -0.2) is 29.0 Å². The highest BCUT2D eigenvalue weighted by Gasteiger charge is 2.32. The van der Waals surface area contributed by atoms with Crippen molar-refractivity contribution in [2.75, 3.05) is 14.2 Å². The number of methoxy groups -OCH3 is 1. The summed E-state index contributed by atoms with van der Waals surface area (Å²) in [7, 11) is 3.75. The lowest BCUT2D eigenvalue weighted by atomic mass is 9.80. The molecule has 5 rings (SSSR count). The molecule has 0 fully saturated rings. The lowest BCUT2D eigenvalue weighted by molar-refractivity contribution is -0.384. The fraction of sp³-hybridized carbons (Fsp3) is 0.129. The highest BCUT2D eigenvalue weighted by molar-refractivity contribution is 6.08. The van der Waals surface area contributed by atoms with Crippen LogP contribution in [0.1, 0.15) is 28.4 Å². The second kappa shape index (κ2) is 10.5. The van der Waals surface area contributed by atoms with E-state index in [1.54, 1.807) is 19.2 Å². The maximum atomic E-state index is 11.2. The van der Waals surface area contributed by atoms with Gasteiger partial charge in [-0.15, -0.1) is 0 Å². The summed E-state index contributed by atoms with van der Waals surface area (Å²) in [6.07, 6.45) is 4.57. The van der Waals surface area contributed by atoms with Crippen molar-refractivity contribution in [2.24, 2.45) is 0 Å². The average Bonchev–Trinajstić information content (AvgIpc) is 2.94. The second-order valence-electron chi connectivity index (χ2n) is 8.93. The summed E-state index contributed by atoms with van der Waals surface area (Å²) in [5.41, 5.74) is 7.37. The van der Waals surface area contributed by atoms with E-state index in [1.165, 1.54) is 0 Å². The van der Waals surface area contributed by atoms with Crippen LogP contribution in [0.5, 0.6) is 5.75 Å². The zero-order valence-corrected chi connectivity index (χ0v) is 20.7. The van der Waals surface area contributed by atoms with Gasteiger partial charge in [-0.3, -0.25) is 15.1 Å². The zero-order chi connectivity index (χ0) is 25.8. The number of para-hydroxylation sites is 1. The molecule has 4 aromatic rings. The third-order valence-corrected chi connectivity index (χ3v) is 6.63. The van der Waals surface area contributed by atoms with Crippen LogP contribution in [-0.2, 0) is 6.42 Å². The molecule has 0 spiro atoms. The van der Waals surface area contributed by atoms with Crippen LogP contribution in [0.2, 0.25) is 0 Å². The number of rotatable bonds is 7. The number of ether oxygens (including phenoxy) is 1. The first-order valence-corrected chi connectivity index (χ1v) is 12.1. The van der Waals surface area contributed by atoms with E-state index in [0.717, 1.165) is 44.9 Å². The van der Waals surface area contributed by atoms with Crippen molar-refractivity contribution in [1.29, 1.82) is 0 Å². The van der Waals surface area contributed by atoms with Crippen molar-refractivity contribution < 1.29 is 9.66 Å². The minimum absolute atomic E-state index is 0.0783. The van der Waals surface area contributed by atoms with Crippen molar-refractivity contribution in [2.45, 2.75) is 12.5 Å². The van der Waals surface area contributed by atoms with Crippen molar-refractivity contribution in [3.05, 3.63) is 148 Å². The van der Waals surface area contributed by atoms with E-state index in [4.69, 9.17) is 9.72 Å². The minimum atomic E-state index is -0.370. The first-order valence-electron chi connectivity index (χ1n) is 12.1. The summed E-state index contributed by atoms with van der Waals surface area (Å²) in [6.45, 7) is 0. The molecule has 0 saturated carbocycles. The summed E-state index contributed by atoms with van der Waals surface area (Å²) >= 11 is 0. The van der Waals surface area contributed by atoms with E-state index in [9.17, 15) is 10.1 Å². The summed E-state index contributed by atoms with van der Waals surface area (Å²) in [4.78, 5) is 17.8. The largest absolute Gasteiger partial charge is 0.496 e. The second-order valence-corrected chi connectivity index (χ2v) is 8.93. The number of nitrogens with zero attached hydrogens (tertiary/aromatic N) is 3. The summed E-state index contributed by atoms with van der Waals surface area (Å²) < 4.78 is 5.83. The predicted molar refractivity (Wildman–Crippen MR) is 146 cm³/mol. The Bertz CT molecular complexity index is 1460. The summed E-state index contributed by atoms with van der Waals surface area (Å²) in [5, 5.41) is 11.2. The number of benzene rings is 3. The zero-order valence-electron chi connectivity index (χ0n) is 20.7. The van der Waals surface area contributed by atoms with Crippen molar-refractivity contribution in [3.8, 4) is 5.75 Å². The lowest BCUT2D eigenvalue weighted by Crippen LogP contribution is -2.28. The molecule has 0 aliphatic carbocycles. The molecule has 1 atom stereocenters. The molecular weight excluding hydrogens is 462 g/mol. The van der Waals surface area contributed by atoms with Gasteiger partial charge in [-0.2, -0.15) is 0 Å². The third-order valence-electron chi connectivity index (χ3n) is 6.63. The number of hydrogen-bond donors (Lipinski definition) is 0. The van der Waals surface area contributed by atoms with Crippen LogP contribution >= 0.6 is 0 Å². The van der Waals surface area contributed by atoms with Crippen LogP contribution in [0.4, 0.5) is 5.69 Å². The molecule has 0 radical (unpaired) electrons. The van der Waals surface area contributed by atoms with Gasteiger partial charge in [0.25, 0.3) is 5.69 Å². The maximum absolute atomic E-state index is 11.2. The number of non-ortho nitro benzene ring substituents is 1. The van der Waals surface area contributed by atoms with Gasteiger partial charge in [0.05, 0.1) is 23.8 Å². The maximum Gasteiger partial charge on any atom is 0.269 e. The first-order chi connectivity index (χ1) is 18.1. The number of likely N-dealkylation sites (N-methyl/N-ethyl adjacent to an activating group) is 1. The molecule has 37 heavy (non-hydrogen) atoms. The molecule has 0 saturated heterocycles. The van der Waals surface area contributed by atoms with E-state index in [0.29, 0.717) is 6.42 Å². The molecule has 1 aliphatic heterocycles. The molecule has 1 aliphatic rings. The molecule has 1 aromatic heterocycles. The van der Waals surface area contributed by atoms with Gasteiger partial charge in [0.2, 0.25) is 0 Å². The number of aromatic nitrogens is 1. The van der Waals surface area contributed by atoms with Crippen LogP contribution in [0.15, 0.2) is 115 Å². The van der Waals surface area contributed by atoms with E-state index >= 15 is 0 Å². The lowest BCUT2D eigenvalue weighted by Gasteiger charge is -2.37. The van der Waals surface area contributed by atoms with E-state index < -0.39 is 0 Å². The van der Waals surface area contributed by atoms with Crippen molar-refractivity contribution in [1.82, 2.24) is 9.88 Å². The molecule has 0 amide bonds. The molecule has 2 heterocycles. The molecule has 1 unspecified atom stereocenters. The smallest absolute Gasteiger partial charge is 0.269 e. The summed E-state index contributed by atoms with van der Waals surface area (Å²) in [5.74, 6) is 0.782. The van der Waals surface area contributed by atoms with Crippen molar-refractivity contribution >= 4 is 16.8 Å². The van der Waals surface area contributed by atoms with Crippen LogP contribution in [0.25, 0.3) is 11.1 Å². The highest BCUT2D eigenvalue weighted by atomic mass is 16.6. The predicted octanol–water partition coefficient (Wildman–Crippen LogP) is 6.72. The monoisotopic (exact) mass is 489 g/mol. The molecule has 6 heteroatoms. The van der Waals surface area contributed by atoms with Gasteiger partial charge in [-0.05, 0) is 46.9 Å². The topological polar surface area (TPSA) is 68.5 Å². The first kappa shape index (κ1) is 24.0. The number of nitro benzene ring substituents is 1. The number of allylic oxidation sites excluding steroid dienone is 2. The molecule has 0 bridgehead atoms. The molecular formula is C31H27N3O3. The Balaban J connectivity index is 1.78. The normalized spacial score (nSPS) is 15.4. The van der Waals surface area contributed by atoms with E-state index in [1.807, 2.05) is 72.9 Å². The third kappa shape index (κ3) is 4.86. The quantitative estimate of drug-likeness (QED) is 0.213. The van der Waals surface area contributed by atoms with Gasteiger partial charge in [0, 0.05) is 42.7 Å². The highest BCUT2D eigenvalue weighted by Crippen LogP contribution is 2.47. The van der Waals surface area contributed by atoms with Gasteiger partial charge in [-0.1, -0.05) is 66.7 Å². The Morgan fingerprint density at radius 2 is 1.62 bits per heavy atom. The van der Waals surface area contributed by atoms with Gasteiger partial charge in [0.1, 0.15) is 5.75 Å². The van der Waals surface area contributed by atoms with Crippen molar-refractivity contribution in [3.63, 3.8) is 0 Å². The minimum Gasteiger partial charge on any atom is -0.496 e. The Kier molecular flexibility index (Phi) is 6.81. The Hall–Kier alpha value is -4.71. The van der Waals surface area contributed by atoms with E-state index in [-0.39, 0.29) is 16.7 Å². The fourth-order valence-electron chi connectivity index (χ4n) is 4.97. The van der Waals surface area contributed by atoms with Gasteiger partial charge in [-0.25, -0.2) is 0 Å². The standard InChI is InChI=1S/C31H27N3O3/c1-33-21-27(23-10-4-3-5-11-23)30(25-12-6-7-14-29(25)37-2)26(31(33)28-13-8-9-19-32-28)20-22-15-17-24(18-16-22)34(35)36/h3-19,21,31H,20H2,1-2H3. The van der Waals surface area contributed by atoms with Crippen LogP contribution in [0.3, 0.4) is 0 Å². The van der Waals surface area contributed by atoms with E-state index in [2.05, 4.69) is 36.3 Å². The van der Waals surface area contributed by atoms with Gasteiger partial charge >= 0.3 is 0 Å². The SMILES string of the molecule is COc1ccccc1C1=C(Cc2ccc([N+](=O)[O-])cc2)C(c2ccccn2)N(C)C=C1c1ccccc1. The molecule has 0 N–H and O–H groups in total. The average molecular weight is 490 g/mol. The van der Waals surface area contributed by atoms with Crippen LogP contribution < -0.4 is 4.74 Å².